The van der Waals surface area contributed by atoms with E-state index >= 15 is 0 Å². The van der Waals surface area contributed by atoms with Gasteiger partial charge in [0.05, 0.1) is 22.3 Å². The minimum Gasteiger partial charge on any atom is -0.348 e. The van der Waals surface area contributed by atoms with E-state index in [0.29, 0.717) is 41.0 Å². The van der Waals surface area contributed by atoms with Gasteiger partial charge in [-0.2, -0.15) is 8.75 Å². The van der Waals surface area contributed by atoms with Crippen molar-refractivity contribution in [1.29, 1.82) is 0 Å². The number of aromatic nitrogens is 2. The van der Waals surface area contributed by atoms with Crippen molar-refractivity contribution in [1.82, 2.24) is 19.0 Å². The van der Waals surface area contributed by atoms with Gasteiger partial charge >= 0.3 is 6.03 Å². The number of carbonyl (C=O) groups is 3. The molecule has 2 fully saturated rings. The predicted molar refractivity (Wildman–Crippen MR) is 106 cm³/mol. The van der Waals surface area contributed by atoms with Crippen molar-refractivity contribution in [3.05, 3.63) is 40.6 Å². The third-order valence-corrected chi connectivity index (χ3v) is 6.54. The predicted octanol–water partition coefficient (Wildman–Crippen LogP) is 2.48. The highest BCUT2D eigenvalue weighted by Gasteiger charge is 2.49. The van der Waals surface area contributed by atoms with Crippen molar-refractivity contribution in [3.8, 4) is 0 Å². The van der Waals surface area contributed by atoms with Gasteiger partial charge in [-0.05, 0) is 36.4 Å². The van der Waals surface area contributed by atoms with Crippen LogP contribution in [0, 0.1) is 0 Å². The van der Waals surface area contributed by atoms with E-state index in [1.807, 2.05) is 11.4 Å². The van der Waals surface area contributed by atoms with Gasteiger partial charge in [-0.3, -0.25) is 9.59 Å². The summed E-state index contributed by atoms with van der Waals surface area (Å²) >= 11 is 2.43. The summed E-state index contributed by atoms with van der Waals surface area (Å²) in [6, 6.07) is 7.82. The first kappa shape index (κ1) is 17.3. The minimum atomic E-state index is -0.572. The van der Waals surface area contributed by atoms with E-state index in [2.05, 4.69) is 14.1 Å². The number of imide groups is 1. The molecule has 1 N–H and O–H groups in total. The second-order valence-electron chi connectivity index (χ2n) is 6.75. The number of carbonyl (C=O) groups excluding carboxylic acids is 3. The van der Waals surface area contributed by atoms with E-state index in [-0.39, 0.29) is 23.9 Å². The Balaban J connectivity index is 1.38. The molecule has 0 unspecified atom stereocenters. The van der Waals surface area contributed by atoms with Crippen LogP contribution in [-0.4, -0.2) is 50.1 Å². The van der Waals surface area contributed by atoms with Crippen LogP contribution in [0.3, 0.4) is 0 Å². The lowest BCUT2D eigenvalue weighted by molar-refractivity contribution is -0.120. The smallest absolute Gasteiger partial charge is 0.332 e. The second kappa shape index (κ2) is 6.64. The third kappa shape index (κ3) is 2.68. The largest absolute Gasteiger partial charge is 0.348 e. The van der Waals surface area contributed by atoms with E-state index in [4.69, 9.17) is 0 Å². The molecule has 5 rings (SSSR count). The van der Waals surface area contributed by atoms with Crippen LogP contribution in [0.1, 0.15) is 22.5 Å². The lowest BCUT2D eigenvalue weighted by Gasteiger charge is -2.32. The summed E-state index contributed by atoms with van der Waals surface area (Å²) < 4.78 is 8.42. The number of hydrogen-bond donors (Lipinski definition) is 1. The molecule has 4 amide bonds. The first-order valence-corrected chi connectivity index (χ1v) is 10.4. The van der Waals surface area contributed by atoms with Crippen molar-refractivity contribution in [2.24, 2.45) is 0 Å². The van der Waals surface area contributed by atoms with Crippen molar-refractivity contribution < 1.29 is 14.4 Å². The number of anilines is 1. The van der Waals surface area contributed by atoms with E-state index in [1.165, 1.54) is 16.2 Å². The molecule has 4 heterocycles. The van der Waals surface area contributed by atoms with Crippen LogP contribution in [0.2, 0.25) is 0 Å². The van der Waals surface area contributed by atoms with Gasteiger partial charge in [0.2, 0.25) is 0 Å². The maximum atomic E-state index is 13.1. The average Bonchev–Trinajstić information content (AvgIpc) is 3.43. The molecule has 2 atom stereocenters. The second-order valence-corrected chi connectivity index (χ2v) is 8.22. The molecule has 0 radical (unpaired) electrons. The fourth-order valence-corrected chi connectivity index (χ4v) is 4.96. The van der Waals surface area contributed by atoms with Crippen molar-refractivity contribution in [3.63, 3.8) is 0 Å². The Bertz CT molecular complexity index is 1080. The maximum Gasteiger partial charge on any atom is 0.332 e. The molecule has 8 nitrogen and oxygen atoms in total. The van der Waals surface area contributed by atoms with Gasteiger partial charge in [0.25, 0.3) is 11.8 Å². The van der Waals surface area contributed by atoms with Gasteiger partial charge in [-0.1, -0.05) is 12.1 Å². The van der Waals surface area contributed by atoms with Crippen LogP contribution < -0.4 is 10.2 Å². The molecule has 3 aromatic rings. The molecule has 28 heavy (non-hydrogen) atoms. The highest BCUT2D eigenvalue weighted by Crippen LogP contribution is 2.34. The quantitative estimate of drug-likeness (QED) is 0.666. The zero-order valence-electron chi connectivity index (χ0n) is 14.6. The van der Waals surface area contributed by atoms with Gasteiger partial charge in [0.15, 0.2) is 0 Å². The Kier molecular flexibility index (Phi) is 4.09. The average molecular weight is 413 g/mol. The summed E-state index contributed by atoms with van der Waals surface area (Å²) in [5.74, 6) is -0.416. The zero-order chi connectivity index (χ0) is 19.3. The van der Waals surface area contributed by atoms with Gasteiger partial charge in [-0.25, -0.2) is 9.69 Å². The summed E-state index contributed by atoms with van der Waals surface area (Å²) in [6.07, 6.45) is 1.02. The minimum absolute atomic E-state index is 0.139. The molecule has 0 aliphatic carbocycles. The number of nitrogens with zero attached hydrogens (tertiary/aromatic N) is 4. The fraction of sp³-hybridized carbons (Fsp3) is 0.278. The molecule has 0 bridgehead atoms. The standard InChI is InChI=1S/C18H15N5O3S2/c24-16(14-5-2-8-27-14)19-10-6-7-22-13(9-10)17(25)23(18(22)26)12-4-1-3-11-15(12)21-28-20-11/h1-5,8,10,13H,6-7,9H2,(H,19,24)/t10-,13+/m0/s1. The number of piperidine rings is 1. The number of hydrogen-bond acceptors (Lipinski definition) is 7. The van der Waals surface area contributed by atoms with Crippen LogP contribution in [0.4, 0.5) is 10.5 Å². The molecular formula is C18H15N5O3S2. The van der Waals surface area contributed by atoms with Crippen molar-refractivity contribution >= 4 is 57.6 Å². The zero-order valence-corrected chi connectivity index (χ0v) is 16.2. The number of amides is 4. The van der Waals surface area contributed by atoms with E-state index in [0.717, 1.165) is 11.7 Å². The number of thiophene rings is 1. The monoisotopic (exact) mass is 413 g/mol. The first-order chi connectivity index (χ1) is 13.6. The SMILES string of the molecule is O=C(N[C@H]1CCN2C(=O)N(c3cccc4nsnc34)C(=O)[C@H]2C1)c1cccs1. The molecule has 2 aromatic heterocycles. The molecule has 0 saturated carbocycles. The lowest BCUT2D eigenvalue weighted by Crippen LogP contribution is -2.49. The molecule has 142 valence electrons. The fourth-order valence-electron chi connectivity index (χ4n) is 3.79. The molecule has 2 aliphatic rings. The third-order valence-electron chi connectivity index (χ3n) is 5.13. The summed E-state index contributed by atoms with van der Waals surface area (Å²) in [4.78, 5) is 41.8. The van der Waals surface area contributed by atoms with E-state index in [1.54, 1.807) is 29.2 Å². The Morgan fingerprint density at radius 2 is 2.07 bits per heavy atom. The number of benzene rings is 1. The van der Waals surface area contributed by atoms with Crippen molar-refractivity contribution in [2.45, 2.75) is 24.9 Å². The van der Waals surface area contributed by atoms with Crippen LogP contribution in [0.25, 0.3) is 11.0 Å². The summed E-state index contributed by atoms with van der Waals surface area (Å²) in [5.41, 5.74) is 1.68. The Hall–Kier alpha value is -2.85. The Morgan fingerprint density at radius 1 is 1.18 bits per heavy atom. The van der Waals surface area contributed by atoms with E-state index in [9.17, 15) is 14.4 Å². The van der Waals surface area contributed by atoms with Crippen LogP contribution in [0.15, 0.2) is 35.7 Å². The van der Waals surface area contributed by atoms with Gasteiger partial charge in [0.1, 0.15) is 17.1 Å². The number of rotatable bonds is 3. The number of urea groups is 1. The lowest BCUT2D eigenvalue weighted by atomic mass is 9.98. The Morgan fingerprint density at radius 3 is 2.89 bits per heavy atom. The van der Waals surface area contributed by atoms with E-state index < -0.39 is 6.04 Å². The maximum absolute atomic E-state index is 13.1. The molecular weight excluding hydrogens is 398 g/mol. The van der Waals surface area contributed by atoms with Gasteiger partial charge in [-0.15, -0.1) is 11.3 Å². The molecule has 2 aliphatic heterocycles. The van der Waals surface area contributed by atoms with Crippen LogP contribution in [-0.2, 0) is 4.79 Å². The molecule has 10 heteroatoms. The van der Waals surface area contributed by atoms with Crippen LogP contribution >= 0.6 is 23.1 Å². The summed E-state index contributed by atoms with van der Waals surface area (Å²) in [7, 11) is 0. The number of fused-ring (bicyclic) bond motifs is 2. The Labute approximate surface area is 168 Å². The molecule has 2 saturated heterocycles. The molecule has 0 spiro atoms. The topological polar surface area (TPSA) is 95.5 Å². The van der Waals surface area contributed by atoms with Gasteiger partial charge < -0.3 is 10.2 Å². The summed E-state index contributed by atoms with van der Waals surface area (Å²) in [5, 5.41) is 4.84. The highest BCUT2D eigenvalue weighted by molar-refractivity contribution is 7.12. The normalized spacial score (nSPS) is 22.0. The molecule has 1 aromatic carbocycles. The van der Waals surface area contributed by atoms with Gasteiger partial charge in [0, 0.05) is 12.6 Å². The highest BCUT2D eigenvalue weighted by atomic mass is 32.1. The first-order valence-electron chi connectivity index (χ1n) is 8.83. The number of nitrogens with one attached hydrogen (secondary N) is 1. The van der Waals surface area contributed by atoms with Crippen LogP contribution in [0.5, 0.6) is 0 Å². The summed E-state index contributed by atoms with van der Waals surface area (Å²) in [6.45, 7) is 0.423. The van der Waals surface area contributed by atoms with Crippen molar-refractivity contribution in [2.75, 3.05) is 11.4 Å².